The molecular formula is C26H30N2OS. The molecular weight excluding hydrogens is 388 g/mol. The van der Waals surface area contributed by atoms with Crippen molar-refractivity contribution in [2.24, 2.45) is 0 Å². The van der Waals surface area contributed by atoms with Gasteiger partial charge in [-0.15, -0.1) is 0 Å². The maximum atomic E-state index is 5.99. The summed E-state index contributed by atoms with van der Waals surface area (Å²) in [6.07, 6.45) is 1.10. The maximum Gasteiger partial charge on any atom is 0.175 e. The van der Waals surface area contributed by atoms with E-state index in [1.807, 2.05) is 48.5 Å². The Bertz CT molecular complexity index is 1010. The Morgan fingerprint density at radius 2 is 1.47 bits per heavy atom. The Balaban J connectivity index is 1.59. The lowest BCUT2D eigenvalue weighted by Crippen LogP contribution is -2.19. The van der Waals surface area contributed by atoms with Crippen molar-refractivity contribution >= 4 is 28.7 Å². The summed E-state index contributed by atoms with van der Waals surface area (Å²) < 4.78 is 5.99. The second-order valence-corrected chi connectivity index (χ2v) is 8.62. The van der Waals surface area contributed by atoms with Gasteiger partial charge in [0.1, 0.15) is 11.5 Å². The summed E-state index contributed by atoms with van der Waals surface area (Å²) in [5.74, 6) is 1.62. The van der Waals surface area contributed by atoms with Gasteiger partial charge in [0.2, 0.25) is 0 Å². The van der Waals surface area contributed by atoms with Crippen LogP contribution in [-0.4, -0.2) is 5.11 Å². The molecule has 0 aliphatic rings. The van der Waals surface area contributed by atoms with Gasteiger partial charge in [0.25, 0.3) is 0 Å². The van der Waals surface area contributed by atoms with Crippen LogP contribution in [0.5, 0.6) is 11.5 Å². The summed E-state index contributed by atoms with van der Waals surface area (Å²) >= 11 is 5.46. The molecule has 3 aromatic rings. The van der Waals surface area contributed by atoms with Crippen LogP contribution in [-0.2, 0) is 5.41 Å². The first-order chi connectivity index (χ1) is 14.3. The third kappa shape index (κ3) is 5.39. The van der Waals surface area contributed by atoms with Gasteiger partial charge in [0.15, 0.2) is 5.11 Å². The van der Waals surface area contributed by atoms with E-state index < -0.39 is 0 Å². The summed E-state index contributed by atoms with van der Waals surface area (Å²) in [5.41, 5.74) is 5.85. The molecule has 0 aromatic heterocycles. The van der Waals surface area contributed by atoms with E-state index in [0.717, 1.165) is 29.3 Å². The van der Waals surface area contributed by atoms with Crippen molar-refractivity contribution in [2.75, 3.05) is 10.6 Å². The van der Waals surface area contributed by atoms with Gasteiger partial charge in [-0.3, -0.25) is 0 Å². The average Bonchev–Trinajstić information content (AvgIpc) is 2.73. The van der Waals surface area contributed by atoms with E-state index >= 15 is 0 Å². The van der Waals surface area contributed by atoms with E-state index in [4.69, 9.17) is 17.0 Å². The zero-order valence-corrected chi connectivity index (χ0v) is 19.2. The highest BCUT2D eigenvalue weighted by Crippen LogP contribution is 2.30. The minimum Gasteiger partial charge on any atom is -0.457 e. The van der Waals surface area contributed by atoms with Crippen molar-refractivity contribution in [2.45, 2.75) is 46.5 Å². The standard InChI is InChI=1S/C26H30N2OS/c1-6-26(4,5)20-10-14-22(15-11-20)29-23-16-12-21(13-17-23)27-25(30)28-24-9-7-8-18(2)19(24)3/h7-17H,6H2,1-5H3,(H2,27,28,30). The predicted octanol–water partition coefficient (Wildman–Crippen LogP) is 7.59. The van der Waals surface area contributed by atoms with Crippen molar-refractivity contribution in [1.29, 1.82) is 0 Å². The van der Waals surface area contributed by atoms with Crippen molar-refractivity contribution < 1.29 is 4.74 Å². The quantitative estimate of drug-likeness (QED) is 0.404. The van der Waals surface area contributed by atoms with Gasteiger partial charge in [0, 0.05) is 11.4 Å². The monoisotopic (exact) mass is 418 g/mol. The molecule has 3 aromatic carbocycles. The molecule has 3 rings (SSSR count). The van der Waals surface area contributed by atoms with Crippen molar-refractivity contribution in [1.82, 2.24) is 0 Å². The van der Waals surface area contributed by atoms with Gasteiger partial charge >= 0.3 is 0 Å². The van der Waals surface area contributed by atoms with Gasteiger partial charge < -0.3 is 15.4 Å². The van der Waals surface area contributed by atoms with Crippen molar-refractivity contribution in [3.05, 3.63) is 83.4 Å². The molecule has 0 radical (unpaired) electrons. The predicted molar refractivity (Wildman–Crippen MR) is 132 cm³/mol. The number of hydrogen-bond acceptors (Lipinski definition) is 2. The van der Waals surface area contributed by atoms with Crippen molar-refractivity contribution in [3.63, 3.8) is 0 Å². The zero-order valence-electron chi connectivity index (χ0n) is 18.4. The Morgan fingerprint density at radius 1 is 0.867 bits per heavy atom. The number of thiocarbonyl (C=S) groups is 1. The van der Waals surface area contributed by atoms with E-state index in [2.05, 4.69) is 63.5 Å². The number of rotatable bonds is 6. The van der Waals surface area contributed by atoms with E-state index in [0.29, 0.717) is 5.11 Å². The SMILES string of the molecule is CCC(C)(C)c1ccc(Oc2ccc(NC(=S)Nc3cccc(C)c3C)cc2)cc1. The molecule has 0 unspecified atom stereocenters. The maximum absolute atomic E-state index is 5.99. The molecule has 2 N–H and O–H groups in total. The number of nitrogens with one attached hydrogen (secondary N) is 2. The van der Waals surface area contributed by atoms with Crippen LogP contribution in [0.1, 0.15) is 43.9 Å². The highest BCUT2D eigenvalue weighted by Gasteiger charge is 2.17. The second kappa shape index (κ2) is 9.31. The number of aryl methyl sites for hydroxylation is 1. The highest BCUT2D eigenvalue weighted by atomic mass is 32.1. The third-order valence-electron chi connectivity index (χ3n) is 5.72. The lowest BCUT2D eigenvalue weighted by Gasteiger charge is -2.23. The van der Waals surface area contributed by atoms with Crippen LogP contribution in [0.15, 0.2) is 66.7 Å². The molecule has 0 saturated carbocycles. The zero-order chi connectivity index (χ0) is 21.7. The second-order valence-electron chi connectivity index (χ2n) is 8.21. The molecule has 3 nitrogen and oxygen atoms in total. The fourth-order valence-corrected chi connectivity index (χ4v) is 3.32. The minimum absolute atomic E-state index is 0.176. The Morgan fingerprint density at radius 3 is 2.07 bits per heavy atom. The first-order valence-electron chi connectivity index (χ1n) is 10.3. The van der Waals surface area contributed by atoms with Crippen LogP contribution in [0, 0.1) is 13.8 Å². The number of anilines is 2. The van der Waals surface area contributed by atoms with Crippen LogP contribution in [0.4, 0.5) is 11.4 Å². The van der Waals surface area contributed by atoms with Crippen LogP contribution in [0.2, 0.25) is 0 Å². The van der Waals surface area contributed by atoms with Gasteiger partial charge in [-0.05, 0) is 97.1 Å². The minimum atomic E-state index is 0.176. The molecule has 0 bridgehead atoms. The summed E-state index contributed by atoms with van der Waals surface area (Å²) in [7, 11) is 0. The number of ether oxygens (including phenoxy) is 1. The summed E-state index contributed by atoms with van der Waals surface area (Å²) in [6, 6.07) is 22.3. The highest BCUT2D eigenvalue weighted by molar-refractivity contribution is 7.80. The number of benzene rings is 3. The topological polar surface area (TPSA) is 33.3 Å². The lowest BCUT2D eigenvalue weighted by atomic mass is 9.82. The molecule has 0 spiro atoms. The fourth-order valence-electron chi connectivity index (χ4n) is 3.09. The molecule has 4 heteroatoms. The van der Waals surface area contributed by atoms with Gasteiger partial charge in [-0.2, -0.15) is 0 Å². The molecule has 156 valence electrons. The van der Waals surface area contributed by atoms with Crippen LogP contribution >= 0.6 is 12.2 Å². The Kier molecular flexibility index (Phi) is 6.78. The molecule has 0 amide bonds. The van der Waals surface area contributed by atoms with Crippen molar-refractivity contribution in [3.8, 4) is 11.5 Å². The van der Waals surface area contributed by atoms with Crippen LogP contribution in [0.3, 0.4) is 0 Å². The van der Waals surface area contributed by atoms with Gasteiger partial charge in [-0.1, -0.05) is 45.0 Å². The molecule has 0 saturated heterocycles. The van der Waals surface area contributed by atoms with Gasteiger partial charge in [-0.25, -0.2) is 0 Å². The summed E-state index contributed by atoms with van der Waals surface area (Å²) in [4.78, 5) is 0. The molecule has 0 heterocycles. The first kappa shape index (κ1) is 21.8. The largest absolute Gasteiger partial charge is 0.457 e. The Hall–Kier alpha value is -2.85. The number of hydrogen-bond donors (Lipinski definition) is 2. The van der Waals surface area contributed by atoms with Gasteiger partial charge in [0.05, 0.1) is 0 Å². The normalized spacial score (nSPS) is 11.1. The van der Waals surface area contributed by atoms with E-state index in [1.165, 1.54) is 16.7 Å². The van der Waals surface area contributed by atoms with Crippen LogP contribution < -0.4 is 15.4 Å². The van der Waals surface area contributed by atoms with Crippen LogP contribution in [0.25, 0.3) is 0 Å². The fraction of sp³-hybridized carbons (Fsp3) is 0.269. The molecule has 30 heavy (non-hydrogen) atoms. The molecule has 0 aliphatic carbocycles. The third-order valence-corrected chi connectivity index (χ3v) is 5.92. The Labute approximate surface area is 185 Å². The first-order valence-corrected chi connectivity index (χ1v) is 10.7. The summed E-state index contributed by atoms with van der Waals surface area (Å²) in [5, 5.41) is 7.05. The molecule has 0 atom stereocenters. The molecule has 0 fully saturated rings. The smallest absolute Gasteiger partial charge is 0.175 e. The van der Waals surface area contributed by atoms with E-state index in [9.17, 15) is 0 Å². The lowest BCUT2D eigenvalue weighted by molar-refractivity contribution is 0.478. The molecule has 0 aliphatic heterocycles. The van der Waals surface area contributed by atoms with E-state index in [1.54, 1.807) is 0 Å². The average molecular weight is 419 g/mol. The van der Waals surface area contributed by atoms with E-state index in [-0.39, 0.29) is 5.41 Å². The summed E-state index contributed by atoms with van der Waals surface area (Å²) in [6.45, 7) is 10.9.